The Bertz CT molecular complexity index is 215. The molecule has 0 aromatic heterocycles. The van der Waals surface area contributed by atoms with Crippen molar-refractivity contribution >= 4 is 5.91 Å². The molecule has 2 atom stereocenters. The summed E-state index contributed by atoms with van der Waals surface area (Å²) in [5.41, 5.74) is -0.268. The van der Waals surface area contributed by atoms with Crippen LogP contribution >= 0.6 is 0 Å². The summed E-state index contributed by atoms with van der Waals surface area (Å²) < 4.78 is 0. The quantitative estimate of drug-likeness (QED) is 0.621. The van der Waals surface area contributed by atoms with Gasteiger partial charge in [0.25, 0.3) is 0 Å². The third-order valence-electron chi connectivity index (χ3n) is 3.25. The SMILES string of the molecule is CCC(C)(CCO)NC(=O)C1CCCN1. The molecule has 1 aliphatic heterocycles. The van der Waals surface area contributed by atoms with Gasteiger partial charge in [-0.25, -0.2) is 0 Å². The summed E-state index contributed by atoms with van der Waals surface area (Å²) in [5.74, 6) is 0.0744. The van der Waals surface area contributed by atoms with Gasteiger partial charge in [-0.05, 0) is 39.2 Å². The summed E-state index contributed by atoms with van der Waals surface area (Å²) in [6.07, 6.45) is 3.44. The lowest BCUT2D eigenvalue weighted by atomic mass is 9.94. The normalized spacial score (nSPS) is 24.9. The first-order valence-electron chi connectivity index (χ1n) is 5.77. The average molecular weight is 214 g/mol. The van der Waals surface area contributed by atoms with Gasteiger partial charge >= 0.3 is 0 Å². The molecule has 88 valence electrons. The number of hydrogen-bond acceptors (Lipinski definition) is 3. The van der Waals surface area contributed by atoms with Gasteiger partial charge in [-0.15, -0.1) is 0 Å². The van der Waals surface area contributed by atoms with Gasteiger partial charge in [-0.2, -0.15) is 0 Å². The topological polar surface area (TPSA) is 61.4 Å². The van der Waals surface area contributed by atoms with Crippen LogP contribution in [0.2, 0.25) is 0 Å². The maximum atomic E-state index is 11.8. The van der Waals surface area contributed by atoms with Gasteiger partial charge in [0.2, 0.25) is 5.91 Å². The first-order chi connectivity index (χ1) is 7.11. The van der Waals surface area contributed by atoms with Crippen molar-refractivity contribution in [3.63, 3.8) is 0 Å². The van der Waals surface area contributed by atoms with E-state index in [1.54, 1.807) is 0 Å². The highest BCUT2D eigenvalue weighted by molar-refractivity contribution is 5.82. The molecule has 1 amide bonds. The molecule has 0 spiro atoms. The van der Waals surface area contributed by atoms with Crippen LogP contribution in [0.3, 0.4) is 0 Å². The zero-order valence-corrected chi connectivity index (χ0v) is 9.68. The summed E-state index contributed by atoms with van der Waals surface area (Å²) in [6, 6.07) is -0.0328. The number of carbonyl (C=O) groups excluding carboxylic acids is 1. The van der Waals surface area contributed by atoms with E-state index in [-0.39, 0.29) is 24.1 Å². The van der Waals surface area contributed by atoms with E-state index in [1.165, 1.54) is 0 Å². The van der Waals surface area contributed by atoms with Crippen LogP contribution in [0.1, 0.15) is 39.5 Å². The fraction of sp³-hybridized carbons (Fsp3) is 0.909. The van der Waals surface area contributed by atoms with Gasteiger partial charge in [0.05, 0.1) is 6.04 Å². The molecule has 0 aromatic carbocycles. The lowest BCUT2D eigenvalue weighted by molar-refractivity contribution is -0.124. The fourth-order valence-corrected chi connectivity index (χ4v) is 1.87. The zero-order valence-electron chi connectivity index (χ0n) is 9.68. The Hall–Kier alpha value is -0.610. The van der Waals surface area contributed by atoms with Gasteiger partial charge in [0.1, 0.15) is 0 Å². The average Bonchev–Trinajstić information content (AvgIpc) is 2.71. The molecule has 1 saturated heterocycles. The van der Waals surface area contributed by atoms with E-state index in [0.717, 1.165) is 25.8 Å². The van der Waals surface area contributed by atoms with Crippen LogP contribution in [-0.4, -0.2) is 35.7 Å². The van der Waals surface area contributed by atoms with Crippen molar-refractivity contribution in [3.8, 4) is 0 Å². The number of aliphatic hydroxyl groups is 1. The van der Waals surface area contributed by atoms with Gasteiger partial charge < -0.3 is 15.7 Å². The maximum absolute atomic E-state index is 11.8. The Morgan fingerprint density at radius 3 is 2.87 bits per heavy atom. The van der Waals surface area contributed by atoms with Crippen LogP contribution in [0, 0.1) is 0 Å². The van der Waals surface area contributed by atoms with E-state index >= 15 is 0 Å². The van der Waals surface area contributed by atoms with Crippen molar-refractivity contribution in [3.05, 3.63) is 0 Å². The Morgan fingerprint density at radius 1 is 1.67 bits per heavy atom. The molecule has 2 unspecified atom stereocenters. The Morgan fingerprint density at radius 2 is 2.40 bits per heavy atom. The minimum absolute atomic E-state index is 0.0328. The van der Waals surface area contributed by atoms with Gasteiger partial charge in [0, 0.05) is 12.1 Å². The van der Waals surface area contributed by atoms with Gasteiger partial charge in [0.15, 0.2) is 0 Å². The Balaban J connectivity index is 2.46. The highest BCUT2D eigenvalue weighted by Gasteiger charge is 2.29. The van der Waals surface area contributed by atoms with Gasteiger partial charge in [-0.3, -0.25) is 4.79 Å². The van der Waals surface area contributed by atoms with E-state index in [1.807, 2.05) is 13.8 Å². The van der Waals surface area contributed by atoms with Crippen molar-refractivity contribution in [2.24, 2.45) is 0 Å². The number of rotatable bonds is 5. The van der Waals surface area contributed by atoms with E-state index in [9.17, 15) is 4.79 Å². The molecule has 4 nitrogen and oxygen atoms in total. The summed E-state index contributed by atoms with van der Waals surface area (Å²) in [5, 5.41) is 15.1. The second kappa shape index (κ2) is 5.47. The minimum atomic E-state index is -0.268. The third-order valence-corrected chi connectivity index (χ3v) is 3.25. The second-order valence-corrected chi connectivity index (χ2v) is 4.53. The lowest BCUT2D eigenvalue weighted by Crippen LogP contribution is -2.52. The predicted octanol–water partition coefficient (Wildman–Crippen LogP) is 0.406. The Kier molecular flexibility index (Phi) is 4.54. The fourth-order valence-electron chi connectivity index (χ4n) is 1.87. The number of aliphatic hydroxyl groups excluding tert-OH is 1. The molecular weight excluding hydrogens is 192 g/mol. The van der Waals surface area contributed by atoms with Crippen LogP contribution in [0.15, 0.2) is 0 Å². The predicted molar refractivity (Wildman–Crippen MR) is 59.6 cm³/mol. The van der Waals surface area contributed by atoms with Crippen LogP contribution in [0.4, 0.5) is 0 Å². The van der Waals surface area contributed by atoms with Crippen LogP contribution in [0.5, 0.6) is 0 Å². The summed E-state index contributed by atoms with van der Waals surface area (Å²) in [4.78, 5) is 11.8. The second-order valence-electron chi connectivity index (χ2n) is 4.53. The first kappa shape index (κ1) is 12.5. The van der Waals surface area contributed by atoms with E-state index in [0.29, 0.717) is 6.42 Å². The highest BCUT2D eigenvalue weighted by Crippen LogP contribution is 2.15. The number of amides is 1. The molecule has 1 fully saturated rings. The summed E-state index contributed by atoms with van der Waals surface area (Å²) >= 11 is 0. The molecule has 0 saturated carbocycles. The molecule has 15 heavy (non-hydrogen) atoms. The van der Waals surface area contributed by atoms with Crippen molar-refractivity contribution in [2.45, 2.75) is 51.1 Å². The van der Waals surface area contributed by atoms with Crippen LogP contribution < -0.4 is 10.6 Å². The molecular formula is C11H22N2O2. The van der Waals surface area contributed by atoms with E-state index in [4.69, 9.17) is 5.11 Å². The molecule has 1 heterocycles. The zero-order chi connectivity index (χ0) is 11.3. The van der Waals surface area contributed by atoms with Crippen molar-refractivity contribution < 1.29 is 9.90 Å². The standard InChI is InChI=1S/C11H22N2O2/c1-3-11(2,6-8-14)13-10(15)9-5-4-7-12-9/h9,12,14H,3-8H2,1-2H3,(H,13,15). The summed E-state index contributed by atoms with van der Waals surface area (Å²) in [7, 11) is 0. The largest absolute Gasteiger partial charge is 0.396 e. The molecule has 0 aliphatic carbocycles. The number of carbonyl (C=O) groups is 1. The minimum Gasteiger partial charge on any atom is -0.396 e. The number of nitrogens with one attached hydrogen (secondary N) is 2. The van der Waals surface area contributed by atoms with Crippen LogP contribution in [-0.2, 0) is 4.79 Å². The first-order valence-corrected chi connectivity index (χ1v) is 5.77. The number of hydrogen-bond donors (Lipinski definition) is 3. The molecule has 1 rings (SSSR count). The van der Waals surface area contributed by atoms with E-state index in [2.05, 4.69) is 10.6 Å². The lowest BCUT2D eigenvalue weighted by Gasteiger charge is -2.30. The van der Waals surface area contributed by atoms with Crippen molar-refractivity contribution in [2.75, 3.05) is 13.2 Å². The van der Waals surface area contributed by atoms with E-state index < -0.39 is 0 Å². The molecule has 0 bridgehead atoms. The maximum Gasteiger partial charge on any atom is 0.237 e. The monoisotopic (exact) mass is 214 g/mol. The van der Waals surface area contributed by atoms with Crippen molar-refractivity contribution in [1.82, 2.24) is 10.6 Å². The van der Waals surface area contributed by atoms with Gasteiger partial charge in [-0.1, -0.05) is 6.92 Å². The molecule has 0 radical (unpaired) electrons. The smallest absolute Gasteiger partial charge is 0.237 e. The molecule has 3 N–H and O–H groups in total. The highest BCUT2D eigenvalue weighted by atomic mass is 16.3. The molecule has 0 aromatic rings. The Labute approximate surface area is 91.4 Å². The third kappa shape index (κ3) is 3.47. The summed E-state index contributed by atoms with van der Waals surface area (Å²) in [6.45, 7) is 5.05. The molecule has 1 aliphatic rings. The van der Waals surface area contributed by atoms with Crippen LogP contribution in [0.25, 0.3) is 0 Å². The molecule has 4 heteroatoms. The van der Waals surface area contributed by atoms with Crippen molar-refractivity contribution in [1.29, 1.82) is 0 Å².